The lowest BCUT2D eigenvalue weighted by Crippen LogP contribution is -2.45. The van der Waals surface area contributed by atoms with Gasteiger partial charge in [-0.05, 0) is 40.4 Å². The summed E-state index contributed by atoms with van der Waals surface area (Å²) in [6.45, 7) is 2.18. The number of hydrogen-bond acceptors (Lipinski definition) is 4. The minimum atomic E-state index is -3.74. The number of aliphatic carboxylic acids is 1. The van der Waals surface area contributed by atoms with Gasteiger partial charge in [0.1, 0.15) is 0 Å². The maximum atomic E-state index is 12.5. The quantitative estimate of drug-likeness (QED) is 0.881. The highest BCUT2D eigenvalue weighted by Gasteiger charge is 2.36. The van der Waals surface area contributed by atoms with E-state index in [0.29, 0.717) is 17.4 Å². The summed E-state index contributed by atoms with van der Waals surface area (Å²) in [6, 6.07) is 3.01. The molecule has 0 saturated carbocycles. The summed E-state index contributed by atoms with van der Waals surface area (Å²) in [4.78, 5) is 15.0. The van der Waals surface area contributed by atoms with Crippen molar-refractivity contribution in [2.45, 2.75) is 18.4 Å². The molecule has 0 amide bonds. The number of carbonyl (C=O) groups is 1. The van der Waals surface area contributed by atoms with Crippen LogP contribution in [0.2, 0.25) is 0 Å². The van der Waals surface area contributed by atoms with Crippen LogP contribution in [0.5, 0.6) is 0 Å². The van der Waals surface area contributed by atoms with Crippen molar-refractivity contribution < 1.29 is 18.3 Å². The summed E-state index contributed by atoms with van der Waals surface area (Å²) in [5.41, 5.74) is 0. The molecule has 1 aliphatic rings. The molecule has 8 heteroatoms. The number of pyridine rings is 1. The maximum Gasteiger partial charge on any atom is 0.307 e. The van der Waals surface area contributed by atoms with Gasteiger partial charge in [0.05, 0.1) is 5.92 Å². The van der Waals surface area contributed by atoms with E-state index in [-0.39, 0.29) is 17.5 Å². The van der Waals surface area contributed by atoms with Crippen LogP contribution in [0.1, 0.15) is 13.3 Å². The van der Waals surface area contributed by atoms with Gasteiger partial charge in [0, 0.05) is 23.8 Å². The molecule has 0 radical (unpaired) electrons. The molecule has 110 valence electrons. The zero-order valence-electron chi connectivity index (χ0n) is 10.9. The number of nitrogens with zero attached hydrogens (tertiary/aromatic N) is 2. The summed E-state index contributed by atoms with van der Waals surface area (Å²) in [5.74, 6) is -1.61. The Kier molecular flexibility index (Phi) is 4.46. The lowest BCUT2D eigenvalue weighted by Gasteiger charge is -2.33. The summed E-state index contributed by atoms with van der Waals surface area (Å²) in [7, 11) is -3.74. The van der Waals surface area contributed by atoms with Crippen molar-refractivity contribution in [2.24, 2.45) is 11.8 Å². The van der Waals surface area contributed by atoms with Crippen LogP contribution in [0.15, 0.2) is 27.8 Å². The summed E-state index contributed by atoms with van der Waals surface area (Å²) >= 11 is 3.20. The number of carboxylic acids is 1. The third-order valence-corrected chi connectivity index (χ3v) is 5.50. The van der Waals surface area contributed by atoms with Crippen molar-refractivity contribution in [1.29, 1.82) is 0 Å². The van der Waals surface area contributed by atoms with Crippen LogP contribution in [0.25, 0.3) is 0 Å². The molecule has 1 aromatic rings. The monoisotopic (exact) mass is 362 g/mol. The lowest BCUT2D eigenvalue weighted by molar-refractivity contribution is -0.143. The molecule has 1 fully saturated rings. The second kappa shape index (κ2) is 5.79. The standard InChI is InChI=1S/C12H15BrN2O4S/c1-8-4-9(12(16)17)7-15(6-8)20(18,19)11-3-2-10(13)5-14-11/h2-3,5,8-9H,4,6-7H2,1H3,(H,16,17). The van der Waals surface area contributed by atoms with Crippen molar-refractivity contribution in [3.63, 3.8) is 0 Å². The van der Waals surface area contributed by atoms with E-state index in [2.05, 4.69) is 20.9 Å². The molecule has 2 rings (SSSR count). The number of hydrogen-bond donors (Lipinski definition) is 1. The first-order chi connectivity index (χ1) is 9.30. The lowest BCUT2D eigenvalue weighted by atomic mass is 9.92. The first-order valence-electron chi connectivity index (χ1n) is 6.15. The average Bonchev–Trinajstić information content (AvgIpc) is 2.38. The van der Waals surface area contributed by atoms with Gasteiger partial charge in [-0.2, -0.15) is 4.31 Å². The first-order valence-corrected chi connectivity index (χ1v) is 8.38. The number of carboxylic acid groups (broad SMARTS) is 1. The number of halogens is 1. The Morgan fingerprint density at radius 1 is 1.45 bits per heavy atom. The van der Waals surface area contributed by atoms with E-state index in [1.54, 1.807) is 6.07 Å². The van der Waals surface area contributed by atoms with Crippen LogP contribution in [0.3, 0.4) is 0 Å². The van der Waals surface area contributed by atoms with Gasteiger partial charge in [0.2, 0.25) is 0 Å². The van der Waals surface area contributed by atoms with E-state index >= 15 is 0 Å². The fraction of sp³-hybridized carbons (Fsp3) is 0.500. The first kappa shape index (κ1) is 15.4. The maximum absolute atomic E-state index is 12.5. The molecular weight excluding hydrogens is 348 g/mol. The van der Waals surface area contributed by atoms with E-state index in [0.717, 1.165) is 0 Å². The Hall–Kier alpha value is -0.990. The fourth-order valence-corrected chi connectivity index (χ4v) is 4.08. The third kappa shape index (κ3) is 3.18. The number of sulfonamides is 1. The minimum Gasteiger partial charge on any atom is -0.481 e. The second-order valence-electron chi connectivity index (χ2n) is 5.01. The van der Waals surface area contributed by atoms with Gasteiger partial charge in [-0.1, -0.05) is 6.92 Å². The molecule has 1 N–H and O–H groups in total. The molecule has 2 atom stereocenters. The second-order valence-corrected chi connectivity index (χ2v) is 7.81. The topological polar surface area (TPSA) is 87.6 Å². The number of rotatable bonds is 3. The number of aromatic nitrogens is 1. The molecule has 20 heavy (non-hydrogen) atoms. The van der Waals surface area contributed by atoms with Gasteiger partial charge in [-0.25, -0.2) is 13.4 Å². The minimum absolute atomic E-state index is 0.000247. The van der Waals surface area contributed by atoms with Gasteiger partial charge in [-0.15, -0.1) is 0 Å². The predicted molar refractivity (Wildman–Crippen MR) is 75.6 cm³/mol. The Bertz CT molecular complexity index is 602. The van der Waals surface area contributed by atoms with Gasteiger partial charge >= 0.3 is 5.97 Å². The number of piperidine rings is 1. The van der Waals surface area contributed by atoms with Crippen LogP contribution in [0, 0.1) is 11.8 Å². The van der Waals surface area contributed by atoms with E-state index < -0.39 is 21.9 Å². The van der Waals surface area contributed by atoms with Crippen LogP contribution in [-0.4, -0.2) is 41.9 Å². The molecule has 2 heterocycles. The summed E-state index contributed by atoms with van der Waals surface area (Å²) in [6.07, 6.45) is 1.91. The Labute approximate surface area is 126 Å². The molecule has 0 aromatic carbocycles. The normalized spacial score (nSPS) is 24.5. The molecule has 0 spiro atoms. The molecule has 2 unspecified atom stereocenters. The Morgan fingerprint density at radius 3 is 2.70 bits per heavy atom. The molecule has 0 aliphatic carbocycles. The smallest absolute Gasteiger partial charge is 0.307 e. The Morgan fingerprint density at radius 2 is 2.15 bits per heavy atom. The third-order valence-electron chi connectivity index (χ3n) is 3.28. The highest BCUT2D eigenvalue weighted by molar-refractivity contribution is 9.10. The highest BCUT2D eigenvalue weighted by Crippen LogP contribution is 2.26. The van der Waals surface area contributed by atoms with Crippen LogP contribution >= 0.6 is 15.9 Å². The van der Waals surface area contributed by atoms with Gasteiger partial charge < -0.3 is 5.11 Å². The zero-order valence-corrected chi connectivity index (χ0v) is 13.3. The van der Waals surface area contributed by atoms with Crippen molar-refractivity contribution in [1.82, 2.24) is 9.29 Å². The molecular formula is C12H15BrN2O4S. The molecule has 0 bridgehead atoms. The fourth-order valence-electron chi connectivity index (χ4n) is 2.33. The molecule has 1 aliphatic heterocycles. The van der Waals surface area contributed by atoms with Crippen molar-refractivity contribution >= 4 is 31.9 Å². The van der Waals surface area contributed by atoms with Crippen LogP contribution in [0.4, 0.5) is 0 Å². The van der Waals surface area contributed by atoms with Crippen molar-refractivity contribution in [3.8, 4) is 0 Å². The van der Waals surface area contributed by atoms with Crippen LogP contribution in [-0.2, 0) is 14.8 Å². The molecule has 1 saturated heterocycles. The highest BCUT2D eigenvalue weighted by atomic mass is 79.9. The predicted octanol–water partition coefficient (Wildman–Crippen LogP) is 1.58. The SMILES string of the molecule is CC1CC(C(=O)O)CN(S(=O)(=O)c2ccc(Br)cn2)C1. The van der Waals surface area contributed by atoms with Gasteiger partial charge in [0.15, 0.2) is 5.03 Å². The van der Waals surface area contributed by atoms with Crippen molar-refractivity contribution in [3.05, 3.63) is 22.8 Å². The van der Waals surface area contributed by atoms with Gasteiger partial charge in [-0.3, -0.25) is 4.79 Å². The van der Waals surface area contributed by atoms with E-state index in [9.17, 15) is 13.2 Å². The molecule has 6 nitrogen and oxygen atoms in total. The average molecular weight is 363 g/mol. The molecule has 1 aromatic heterocycles. The van der Waals surface area contributed by atoms with E-state index in [1.807, 2.05) is 6.92 Å². The summed E-state index contributed by atoms with van der Waals surface area (Å²) < 4.78 is 26.8. The Balaban J connectivity index is 2.28. The zero-order chi connectivity index (χ0) is 14.9. The summed E-state index contributed by atoms with van der Waals surface area (Å²) in [5, 5.41) is 9.05. The largest absolute Gasteiger partial charge is 0.481 e. The van der Waals surface area contributed by atoms with E-state index in [1.165, 1.54) is 16.6 Å². The van der Waals surface area contributed by atoms with Crippen molar-refractivity contribution in [2.75, 3.05) is 13.1 Å². The van der Waals surface area contributed by atoms with Gasteiger partial charge in [0.25, 0.3) is 10.0 Å². The van der Waals surface area contributed by atoms with E-state index in [4.69, 9.17) is 5.11 Å². The van der Waals surface area contributed by atoms with Crippen LogP contribution < -0.4 is 0 Å².